The number of aliphatic hydroxyl groups excluding tert-OH is 1. The zero-order chi connectivity index (χ0) is 15.4. The van der Waals surface area contributed by atoms with Crippen LogP contribution in [0.2, 0.25) is 0 Å². The number of carbonyl (C=O) groups is 1. The Morgan fingerprint density at radius 2 is 2.14 bits per heavy atom. The number of likely N-dealkylation sites (tertiary alicyclic amines) is 1. The number of nitrogen functional groups attached to an aromatic ring is 1. The first-order chi connectivity index (χ1) is 10.0. The summed E-state index contributed by atoms with van der Waals surface area (Å²) < 4.78 is 13.2. The zero-order valence-electron chi connectivity index (χ0n) is 12.3. The Morgan fingerprint density at radius 3 is 2.71 bits per heavy atom. The Bertz CT molecular complexity index is 502. The van der Waals surface area contributed by atoms with E-state index in [4.69, 9.17) is 5.73 Å². The second-order valence-corrected chi connectivity index (χ2v) is 5.49. The van der Waals surface area contributed by atoms with E-state index >= 15 is 0 Å². The molecule has 0 bridgehead atoms. The molecule has 3 N–H and O–H groups in total. The molecule has 0 spiro atoms. The first kappa shape index (κ1) is 15.7. The molecule has 0 unspecified atom stereocenters. The predicted octanol–water partition coefficient (Wildman–Crippen LogP) is 0.937. The molecular formula is C15H22FN3O2. The SMILES string of the molecule is CN1CCC(N(CCO)C(=O)c2ccc(F)c(N)c2)CC1. The van der Waals surface area contributed by atoms with Crippen molar-refractivity contribution in [1.29, 1.82) is 0 Å². The third kappa shape index (κ3) is 3.71. The average molecular weight is 295 g/mol. The Hall–Kier alpha value is -1.66. The molecule has 0 saturated carbocycles. The van der Waals surface area contributed by atoms with Gasteiger partial charge in [-0.25, -0.2) is 4.39 Å². The molecule has 5 nitrogen and oxygen atoms in total. The van der Waals surface area contributed by atoms with Crippen molar-refractivity contribution in [2.45, 2.75) is 18.9 Å². The van der Waals surface area contributed by atoms with Crippen LogP contribution in [0.4, 0.5) is 10.1 Å². The van der Waals surface area contributed by atoms with Crippen LogP contribution in [-0.4, -0.2) is 60.1 Å². The molecule has 2 rings (SSSR count). The van der Waals surface area contributed by atoms with Gasteiger partial charge in [0.2, 0.25) is 0 Å². The van der Waals surface area contributed by atoms with E-state index in [2.05, 4.69) is 11.9 Å². The molecule has 6 heteroatoms. The maximum Gasteiger partial charge on any atom is 0.254 e. The van der Waals surface area contributed by atoms with Gasteiger partial charge in [0, 0.05) is 18.2 Å². The molecule has 0 radical (unpaired) electrons. The van der Waals surface area contributed by atoms with E-state index in [0.717, 1.165) is 25.9 Å². The average Bonchev–Trinajstić information content (AvgIpc) is 2.48. The van der Waals surface area contributed by atoms with Crippen LogP contribution in [0.3, 0.4) is 0 Å². The lowest BCUT2D eigenvalue weighted by Crippen LogP contribution is -2.47. The molecule has 1 saturated heterocycles. The zero-order valence-corrected chi connectivity index (χ0v) is 12.3. The molecule has 0 atom stereocenters. The summed E-state index contributed by atoms with van der Waals surface area (Å²) >= 11 is 0. The number of anilines is 1. The van der Waals surface area contributed by atoms with E-state index in [9.17, 15) is 14.3 Å². The number of rotatable bonds is 4. The van der Waals surface area contributed by atoms with Gasteiger partial charge in [-0.05, 0) is 51.2 Å². The van der Waals surface area contributed by atoms with Crippen LogP contribution in [-0.2, 0) is 0 Å². The number of amides is 1. The van der Waals surface area contributed by atoms with Gasteiger partial charge < -0.3 is 20.6 Å². The summed E-state index contributed by atoms with van der Waals surface area (Å²) in [4.78, 5) is 16.5. The number of nitrogens with zero attached hydrogens (tertiary/aromatic N) is 2. The van der Waals surface area contributed by atoms with Gasteiger partial charge in [-0.3, -0.25) is 4.79 Å². The fourth-order valence-corrected chi connectivity index (χ4v) is 2.71. The van der Waals surface area contributed by atoms with Crippen LogP contribution in [0, 0.1) is 5.82 Å². The summed E-state index contributed by atoms with van der Waals surface area (Å²) in [5, 5.41) is 9.22. The normalized spacial score (nSPS) is 16.9. The number of benzene rings is 1. The van der Waals surface area contributed by atoms with Crippen molar-refractivity contribution >= 4 is 11.6 Å². The Balaban J connectivity index is 2.16. The summed E-state index contributed by atoms with van der Waals surface area (Å²) in [6.45, 7) is 2.04. The fraction of sp³-hybridized carbons (Fsp3) is 0.533. The van der Waals surface area contributed by atoms with Crippen LogP contribution in [0.5, 0.6) is 0 Å². The summed E-state index contributed by atoms with van der Waals surface area (Å²) in [6.07, 6.45) is 1.75. The molecule has 1 aromatic carbocycles. The standard InChI is InChI=1S/C15H22FN3O2/c1-18-6-4-12(5-7-18)19(8-9-20)15(21)11-2-3-13(16)14(17)10-11/h2-3,10,12,20H,4-9,17H2,1H3. The number of piperidine rings is 1. The number of hydrogen-bond acceptors (Lipinski definition) is 4. The lowest BCUT2D eigenvalue weighted by molar-refractivity contribution is 0.0540. The monoisotopic (exact) mass is 295 g/mol. The molecule has 1 fully saturated rings. The van der Waals surface area contributed by atoms with Crippen molar-refractivity contribution < 1.29 is 14.3 Å². The van der Waals surface area contributed by atoms with E-state index in [1.807, 2.05) is 0 Å². The van der Waals surface area contributed by atoms with E-state index < -0.39 is 5.82 Å². The van der Waals surface area contributed by atoms with Gasteiger partial charge in [-0.15, -0.1) is 0 Å². The smallest absolute Gasteiger partial charge is 0.254 e. The van der Waals surface area contributed by atoms with Crippen LogP contribution in [0.15, 0.2) is 18.2 Å². The third-order valence-corrected chi connectivity index (χ3v) is 3.97. The van der Waals surface area contributed by atoms with Crippen molar-refractivity contribution in [3.05, 3.63) is 29.6 Å². The first-order valence-corrected chi connectivity index (χ1v) is 7.18. The maximum absolute atomic E-state index is 13.2. The van der Waals surface area contributed by atoms with Crippen molar-refractivity contribution in [1.82, 2.24) is 9.80 Å². The van der Waals surface area contributed by atoms with E-state index in [1.54, 1.807) is 4.90 Å². The predicted molar refractivity (Wildman–Crippen MR) is 79.5 cm³/mol. The largest absolute Gasteiger partial charge is 0.396 e. The van der Waals surface area contributed by atoms with Gasteiger partial charge in [-0.2, -0.15) is 0 Å². The fourth-order valence-electron chi connectivity index (χ4n) is 2.71. The van der Waals surface area contributed by atoms with Crippen molar-refractivity contribution in [3.63, 3.8) is 0 Å². The van der Waals surface area contributed by atoms with Crippen LogP contribution >= 0.6 is 0 Å². The number of aliphatic hydroxyl groups is 1. The minimum atomic E-state index is -0.528. The molecule has 1 aliphatic rings. The lowest BCUT2D eigenvalue weighted by atomic mass is 10.0. The van der Waals surface area contributed by atoms with Crippen molar-refractivity contribution in [2.24, 2.45) is 0 Å². The van der Waals surface area contributed by atoms with E-state index in [-0.39, 0.29) is 30.8 Å². The minimum Gasteiger partial charge on any atom is -0.396 e. The summed E-state index contributed by atoms with van der Waals surface area (Å²) in [5.74, 6) is -0.732. The van der Waals surface area contributed by atoms with Gasteiger partial charge >= 0.3 is 0 Å². The highest BCUT2D eigenvalue weighted by Gasteiger charge is 2.27. The van der Waals surface area contributed by atoms with Gasteiger partial charge in [-0.1, -0.05) is 0 Å². The van der Waals surface area contributed by atoms with Crippen molar-refractivity contribution in [3.8, 4) is 0 Å². The van der Waals surface area contributed by atoms with Crippen LogP contribution in [0.1, 0.15) is 23.2 Å². The summed E-state index contributed by atoms with van der Waals surface area (Å²) in [5.41, 5.74) is 5.86. The maximum atomic E-state index is 13.2. The van der Waals surface area contributed by atoms with Gasteiger partial charge in [0.1, 0.15) is 5.82 Å². The van der Waals surface area contributed by atoms with Gasteiger partial charge in [0.05, 0.1) is 12.3 Å². The number of halogens is 1. The molecule has 1 aliphatic heterocycles. The van der Waals surface area contributed by atoms with Gasteiger partial charge in [0.25, 0.3) is 5.91 Å². The summed E-state index contributed by atoms with van der Waals surface area (Å²) in [7, 11) is 2.05. The molecule has 21 heavy (non-hydrogen) atoms. The molecule has 0 aromatic heterocycles. The molecule has 1 amide bonds. The first-order valence-electron chi connectivity index (χ1n) is 7.18. The summed E-state index contributed by atoms with van der Waals surface area (Å²) in [6, 6.07) is 4.10. The highest BCUT2D eigenvalue weighted by Crippen LogP contribution is 2.20. The highest BCUT2D eigenvalue weighted by atomic mass is 19.1. The van der Waals surface area contributed by atoms with Crippen LogP contribution in [0.25, 0.3) is 0 Å². The molecule has 0 aliphatic carbocycles. The lowest BCUT2D eigenvalue weighted by Gasteiger charge is -2.37. The van der Waals surface area contributed by atoms with Crippen LogP contribution < -0.4 is 5.73 Å². The van der Waals surface area contributed by atoms with Crippen molar-refractivity contribution in [2.75, 3.05) is 39.0 Å². The van der Waals surface area contributed by atoms with E-state index in [1.165, 1.54) is 18.2 Å². The van der Waals surface area contributed by atoms with Gasteiger partial charge in [0.15, 0.2) is 0 Å². The molecule has 116 valence electrons. The second-order valence-electron chi connectivity index (χ2n) is 5.49. The number of carbonyl (C=O) groups excluding carboxylic acids is 1. The number of hydrogen-bond donors (Lipinski definition) is 2. The Kier molecular flexibility index (Phi) is 5.14. The topological polar surface area (TPSA) is 69.8 Å². The Labute approximate surface area is 124 Å². The third-order valence-electron chi connectivity index (χ3n) is 3.97. The quantitative estimate of drug-likeness (QED) is 0.811. The molecule has 1 aromatic rings. The Morgan fingerprint density at radius 1 is 1.48 bits per heavy atom. The molecular weight excluding hydrogens is 273 g/mol. The second kappa shape index (κ2) is 6.87. The number of nitrogens with two attached hydrogens (primary N) is 1. The molecule has 1 heterocycles. The minimum absolute atomic E-state index is 0.0341. The highest BCUT2D eigenvalue weighted by molar-refractivity contribution is 5.95. The van der Waals surface area contributed by atoms with E-state index in [0.29, 0.717) is 5.56 Å².